The number of morpholine rings is 1. The van der Waals surface area contributed by atoms with Crippen molar-refractivity contribution in [3.05, 3.63) is 12.7 Å². The van der Waals surface area contributed by atoms with Crippen molar-refractivity contribution in [3.63, 3.8) is 0 Å². The third-order valence-electron chi connectivity index (χ3n) is 5.39. The first kappa shape index (κ1) is 21.6. The van der Waals surface area contributed by atoms with Crippen LogP contribution in [0.25, 0.3) is 0 Å². The first-order chi connectivity index (χ1) is 12.7. The molecule has 1 N–H and O–H groups in total. The molecule has 0 amide bonds. The van der Waals surface area contributed by atoms with Crippen molar-refractivity contribution in [2.45, 2.75) is 44.6 Å². The van der Waals surface area contributed by atoms with Gasteiger partial charge < -0.3 is 15.0 Å². The average Bonchev–Trinajstić information content (AvgIpc) is 3.15. The van der Waals surface area contributed by atoms with Crippen LogP contribution in [0.5, 0.6) is 0 Å². The fourth-order valence-electron chi connectivity index (χ4n) is 3.72. The average molecular weight is 383 g/mol. The fraction of sp³-hybridized carbons (Fsp3) is 0.850. The van der Waals surface area contributed by atoms with Crippen LogP contribution in [0.1, 0.15) is 39.0 Å². The second-order valence-electron chi connectivity index (χ2n) is 7.36. The van der Waals surface area contributed by atoms with Crippen LogP contribution in [0.2, 0.25) is 0 Å². The molecular formula is C20H38N4OS. The molecule has 0 saturated carbocycles. The molecule has 0 bridgehead atoms. The highest BCUT2D eigenvalue weighted by atomic mass is 32.2. The van der Waals surface area contributed by atoms with E-state index in [1.165, 1.54) is 37.2 Å². The molecule has 2 aliphatic heterocycles. The Bertz CT molecular complexity index is 432. The zero-order valence-electron chi connectivity index (χ0n) is 16.8. The zero-order chi connectivity index (χ0) is 18.7. The maximum absolute atomic E-state index is 5.57. The van der Waals surface area contributed by atoms with Gasteiger partial charge in [0.25, 0.3) is 0 Å². The third-order valence-corrected chi connectivity index (χ3v) is 6.62. The summed E-state index contributed by atoms with van der Waals surface area (Å²) in [5, 5.41) is 3.49. The Morgan fingerprint density at radius 2 is 2.15 bits per heavy atom. The molecule has 2 rings (SSSR count). The van der Waals surface area contributed by atoms with E-state index in [0.29, 0.717) is 0 Å². The fourth-order valence-corrected chi connectivity index (χ4v) is 5.19. The summed E-state index contributed by atoms with van der Waals surface area (Å²) in [5.74, 6) is 3.50. The predicted octanol–water partition coefficient (Wildman–Crippen LogP) is 2.84. The molecule has 1 atom stereocenters. The van der Waals surface area contributed by atoms with E-state index >= 15 is 0 Å². The van der Waals surface area contributed by atoms with E-state index in [1.807, 2.05) is 6.08 Å². The van der Waals surface area contributed by atoms with Crippen LogP contribution >= 0.6 is 11.8 Å². The van der Waals surface area contributed by atoms with Crippen molar-refractivity contribution in [1.29, 1.82) is 0 Å². The van der Waals surface area contributed by atoms with E-state index in [9.17, 15) is 0 Å². The maximum Gasteiger partial charge on any atom is 0.193 e. The van der Waals surface area contributed by atoms with Gasteiger partial charge in [-0.1, -0.05) is 12.5 Å². The van der Waals surface area contributed by atoms with Crippen LogP contribution in [-0.4, -0.2) is 85.8 Å². The second kappa shape index (κ2) is 11.9. The van der Waals surface area contributed by atoms with Gasteiger partial charge in [0, 0.05) is 39.0 Å². The van der Waals surface area contributed by atoms with Gasteiger partial charge in [-0.05, 0) is 38.4 Å². The molecule has 5 nitrogen and oxygen atoms in total. The van der Waals surface area contributed by atoms with E-state index in [2.05, 4.69) is 47.4 Å². The van der Waals surface area contributed by atoms with Gasteiger partial charge in [-0.3, -0.25) is 9.89 Å². The van der Waals surface area contributed by atoms with Gasteiger partial charge in [0.05, 0.1) is 25.3 Å². The Kier molecular flexibility index (Phi) is 9.86. The quantitative estimate of drug-likeness (QED) is 0.272. The lowest BCUT2D eigenvalue weighted by molar-refractivity contribution is -0.0105. The van der Waals surface area contributed by atoms with E-state index in [4.69, 9.17) is 9.73 Å². The standard InChI is InChI=1S/C20H38N4OS/c1-4-6-7-8-9-11-23(3)19(21-5-2)22-17-20(10-16-26-18-20)24-12-14-25-15-13-24/h4H,1,5-18H2,2-3H3,(H,21,22). The number of hydrogen-bond donors (Lipinski definition) is 1. The van der Waals surface area contributed by atoms with Crippen molar-refractivity contribution in [2.24, 2.45) is 4.99 Å². The van der Waals surface area contributed by atoms with Gasteiger partial charge in [-0.2, -0.15) is 11.8 Å². The summed E-state index contributed by atoms with van der Waals surface area (Å²) in [6.45, 7) is 12.6. The van der Waals surface area contributed by atoms with Gasteiger partial charge in [0.2, 0.25) is 0 Å². The Morgan fingerprint density at radius 3 is 2.81 bits per heavy atom. The third kappa shape index (κ3) is 6.46. The highest BCUT2D eigenvalue weighted by Crippen LogP contribution is 2.34. The van der Waals surface area contributed by atoms with Crippen LogP contribution in [0, 0.1) is 0 Å². The minimum Gasteiger partial charge on any atom is -0.379 e. The van der Waals surface area contributed by atoms with Crippen molar-refractivity contribution in [3.8, 4) is 0 Å². The number of nitrogens with one attached hydrogen (secondary N) is 1. The van der Waals surface area contributed by atoms with Gasteiger partial charge in [-0.15, -0.1) is 6.58 Å². The van der Waals surface area contributed by atoms with Crippen LogP contribution < -0.4 is 5.32 Å². The van der Waals surface area contributed by atoms with Crippen LogP contribution in [-0.2, 0) is 4.74 Å². The number of hydrogen-bond acceptors (Lipinski definition) is 4. The smallest absolute Gasteiger partial charge is 0.193 e. The summed E-state index contributed by atoms with van der Waals surface area (Å²) in [7, 11) is 2.17. The molecule has 0 aromatic heterocycles. The highest BCUT2D eigenvalue weighted by molar-refractivity contribution is 7.99. The van der Waals surface area contributed by atoms with E-state index < -0.39 is 0 Å². The molecule has 26 heavy (non-hydrogen) atoms. The van der Waals surface area contributed by atoms with Crippen molar-refractivity contribution < 1.29 is 4.74 Å². The van der Waals surface area contributed by atoms with Gasteiger partial charge in [0.1, 0.15) is 0 Å². The molecule has 2 fully saturated rings. The Morgan fingerprint density at radius 1 is 1.35 bits per heavy atom. The van der Waals surface area contributed by atoms with Crippen molar-refractivity contribution in [1.82, 2.24) is 15.1 Å². The highest BCUT2D eigenvalue weighted by Gasteiger charge is 2.40. The number of guanidine groups is 1. The monoisotopic (exact) mass is 382 g/mol. The minimum absolute atomic E-state index is 0.222. The first-order valence-electron chi connectivity index (χ1n) is 10.2. The molecule has 150 valence electrons. The lowest BCUT2D eigenvalue weighted by atomic mass is 9.96. The summed E-state index contributed by atoms with van der Waals surface area (Å²) >= 11 is 2.08. The van der Waals surface area contributed by atoms with E-state index in [0.717, 1.165) is 58.3 Å². The molecular weight excluding hydrogens is 344 g/mol. The largest absolute Gasteiger partial charge is 0.379 e. The minimum atomic E-state index is 0.222. The molecule has 2 aliphatic rings. The van der Waals surface area contributed by atoms with Gasteiger partial charge in [-0.25, -0.2) is 0 Å². The predicted molar refractivity (Wildman–Crippen MR) is 114 cm³/mol. The summed E-state index contributed by atoms with van der Waals surface area (Å²) in [6, 6.07) is 0. The van der Waals surface area contributed by atoms with E-state index in [-0.39, 0.29) is 5.54 Å². The van der Waals surface area contributed by atoms with Gasteiger partial charge in [0.15, 0.2) is 5.96 Å². The summed E-state index contributed by atoms with van der Waals surface area (Å²) < 4.78 is 5.57. The van der Waals surface area contributed by atoms with Gasteiger partial charge >= 0.3 is 0 Å². The maximum atomic E-state index is 5.57. The number of rotatable bonds is 10. The van der Waals surface area contributed by atoms with Crippen molar-refractivity contribution in [2.75, 3.05) is 64.5 Å². The molecule has 2 heterocycles. The van der Waals surface area contributed by atoms with Crippen LogP contribution in [0.15, 0.2) is 17.6 Å². The second-order valence-corrected chi connectivity index (χ2v) is 8.46. The van der Waals surface area contributed by atoms with Crippen LogP contribution in [0.3, 0.4) is 0 Å². The normalized spacial score (nSPS) is 24.6. The zero-order valence-corrected chi connectivity index (χ0v) is 17.7. The summed E-state index contributed by atoms with van der Waals surface area (Å²) in [5.41, 5.74) is 0.222. The number of ether oxygens (including phenoxy) is 1. The summed E-state index contributed by atoms with van der Waals surface area (Å²) in [6.07, 6.45) is 8.08. The lowest BCUT2D eigenvalue weighted by Crippen LogP contribution is -2.56. The number of nitrogens with zero attached hydrogens (tertiary/aromatic N) is 3. The molecule has 0 spiro atoms. The lowest BCUT2D eigenvalue weighted by Gasteiger charge is -2.42. The van der Waals surface area contributed by atoms with Crippen LogP contribution in [0.4, 0.5) is 0 Å². The summed E-state index contributed by atoms with van der Waals surface area (Å²) in [4.78, 5) is 10.0. The first-order valence-corrected chi connectivity index (χ1v) is 11.4. The number of unbranched alkanes of at least 4 members (excludes halogenated alkanes) is 3. The topological polar surface area (TPSA) is 40.1 Å². The molecule has 2 saturated heterocycles. The molecule has 0 radical (unpaired) electrons. The SMILES string of the molecule is C=CCCCCCN(C)C(=NCC1(N2CCOCC2)CCSC1)NCC. The molecule has 1 unspecified atom stereocenters. The van der Waals surface area contributed by atoms with Crippen molar-refractivity contribution >= 4 is 17.7 Å². The number of aliphatic imine (C=N–C) groups is 1. The molecule has 6 heteroatoms. The number of thioether (sulfide) groups is 1. The molecule has 0 aromatic carbocycles. The molecule has 0 aromatic rings. The molecule has 0 aliphatic carbocycles. The Labute approximate surface area is 164 Å². The Balaban J connectivity index is 1.93. The number of allylic oxidation sites excluding steroid dienone is 1. The Hall–Kier alpha value is -0.720. The van der Waals surface area contributed by atoms with E-state index in [1.54, 1.807) is 0 Å².